The maximum atomic E-state index is 11.8. The van der Waals surface area contributed by atoms with E-state index in [1.807, 2.05) is 44.2 Å². The highest BCUT2D eigenvalue weighted by atomic mass is 32.2. The molecule has 0 atom stereocenters. The van der Waals surface area contributed by atoms with Crippen LogP contribution < -0.4 is 4.90 Å². The van der Waals surface area contributed by atoms with Crippen molar-refractivity contribution < 1.29 is 13.0 Å². The Morgan fingerprint density at radius 2 is 1.13 bits per heavy atom. The number of hydrogen-bond donors (Lipinski definition) is 1. The molecule has 0 unspecified atom stereocenters. The van der Waals surface area contributed by atoms with Crippen molar-refractivity contribution in [2.24, 2.45) is 0 Å². The van der Waals surface area contributed by atoms with E-state index in [2.05, 4.69) is 67.3 Å². The quantitative estimate of drug-likeness (QED) is 0.177. The fourth-order valence-corrected chi connectivity index (χ4v) is 5.21. The first-order valence-corrected chi connectivity index (χ1v) is 15.1. The molecule has 0 fully saturated rings. The predicted molar refractivity (Wildman–Crippen MR) is 163 cm³/mol. The van der Waals surface area contributed by atoms with E-state index in [0.29, 0.717) is 5.56 Å². The van der Waals surface area contributed by atoms with E-state index in [4.69, 9.17) is 0 Å². The summed E-state index contributed by atoms with van der Waals surface area (Å²) in [5.74, 6) is -0.00484. The molecule has 0 amide bonds. The Morgan fingerprint density at radius 1 is 0.711 bits per heavy atom. The predicted octanol–water partition coefficient (Wildman–Crippen LogP) is 8.80. The van der Waals surface area contributed by atoms with Gasteiger partial charge in [-0.15, -0.1) is 0 Å². The van der Waals surface area contributed by atoms with Gasteiger partial charge in [0.1, 0.15) is 0 Å². The number of rotatable bonds is 13. The lowest BCUT2D eigenvalue weighted by molar-refractivity contribution is 0.481. The summed E-state index contributed by atoms with van der Waals surface area (Å²) in [6, 6.07) is 22.2. The Balaban J connectivity index is 1.66. The fraction of sp³-hybridized carbons (Fsp3) is 0.333. The van der Waals surface area contributed by atoms with Crippen LogP contribution in [0, 0.1) is 0 Å². The summed E-state index contributed by atoms with van der Waals surface area (Å²) in [5, 5.41) is 0. The summed E-state index contributed by atoms with van der Waals surface area (Å²) >= 11 is 0. The van der Waals surface area contributed by atoms with Gasteiger partial charge in [-0.25, -0.2) is 0 Å². The van der Waals surface area contributed by atoms with Gasteiger partial charge in [-0.2, -0.15) is 8.42 Å². The van der Waals surface area contributed by atoms with Crippen LogP contribution in [0.15, 0.2) is 71.6 Å². The average Bonchev–Trinajstić information content (AvgIpc) is 2.91. The molecule has 0 aromatic heterocycles. The van der Waals surface area contributed by atoms with E-state index in [9.17, 15) is 13.0 Å². The van der Waals surface area contributed by atoms with Gasteiger partial charge in [0.15, 0.2) is 0 Å². The van der Waals surface area contributed by atoms with Crippen molar-refractivity contribution in [3.05, 3.63) is 94.5 Å². The molecule has 0 heterocycles. The third kappa shape index (κ3) is 8.71. The molecular weight excluding hydrogens is 490 g/mol. The average molecular weight is 532 g/mol. The molecule has 0 radical (unpaired) electrons. The molecule has 0 bridgehead atoms. The summed E-state index contributed by atoms with van der Waals surface area (Å²) in [7, 11) is -4.28. The van der Waals surface area contributed by atoms with Gasteiger partial charge in [0.05, 0.1) is 4.90 Å². The lowest BCUT2D eigenvalue weighted by Crippen LogP contribution is -2.25. The standard InChI is InChI=1S/C33H41NO3S/c1-5-7-23-34(24-8-6-2)31-20-17-29(18-21-31)14-13-27-9-11-28(12-10-27)15-16-30-19-22-32(26(3)4)33(25-30)38(35,36)37/h9-22,25-26H,5-8,23-24H2,1-4H3,(H,35,36,37)/b14-13+,16-15+. The summed E-state index contributed by atoms with van der Waals surface area (Å²) in [6.07, 6.45) is 12.9. The van der Waals surface area contributed by atoms with E-state index >= 15 is 0 Å². The Labute approximate surface area is 229 Å². The summed E-state index contributed by atoms with van der Waals surface area (Å²) in [6.45, 7) is 10.5. The second-order valence-electron chi connectivity index (χ2n) is 10.0. The van der Waals surface area contributed by atoms with Crippen LogP contribution >= 0.6 is 0 Å². The van der Waals surface area contributed by atoms with Gasteiger partial charge in [0.2, 0.25) is 0 Å². The minimum Gasteiger partial charge on any atom is -0.372 e. The van der Waals surface area contributed by atoms with Crippen LogP contribution in [0.5, 0.6) is 0 Å². The SMILES string of the molecule is CCCCN(CCCC)c1ccc(/C=C/c2ccc(/C=C/c3ccc(C(C)C)c(S(=O)(=O)O)c3)cc2)cc1. The van der Waals surface area contributed by atoms with Gasteiger partial charge < -0.3 is 4.90 Å². The monoisotopic (exact) mass is 531 g/mol. The van der Waals surface area contributed by atoms with Gasteiger partial charge in [-0.1, -0.05) is 113 Å². The van der Waals surface area contributed by atoms with E-state index in [1.54, 1.807) is 6.07 Å². The van der Waals surface area contributed by atoms with Crippen molar-refractivity contribution in [2.45, 2.75) is 64.2 Å². The Bertz CT molecular complexity index is 1310. The van der Waals surface area contributed by atoms with Gasteiger partial charge >= 0.3 is 0 Å². The molecule has 5 heteroatoms. The van der Waals surface area contributed by atoms with Crippen LogP contribution in [0.1, 0.15) is 87.1 Å². The molecular formula is C33H41NO3S. The van der Waals surface area contributed by atoms with Crippen LogP contribution in [-0.2, 0) is 10.1 Å². The molecule has 0 aliphatic rings. The van der Waals surface area contributed by atoms with Crippen molar-refractivity contribution in [3.63, 3.8) is 0 Å². The molecule has 3 rings (SSSR count). The van der Waals surface area contributed by atoms with Gasteiger partial charge in [-0.3, -0.25) is 4.55 Å². The van der Waals surface area contributed by atoms with Gasteiger partial charge in [0, 0.05) is 18.8 Å². The topological polar surface area (TPSA) is 57.6 Å². The number of benzene rings is 3. The lowest BCUT2D eigenvalue weighted by atomic mass is 10.0. The first-order chi connectivity index (χ1) is 18.2. The van der Waals surface area contributed by atoms with Crippen LogP contribution in [0.25, 0.3) is 24.3 Å². The van der Waals surface area contributed by atoms with Gasteiger partial charge in [0.25, 0.3) is 10.1 Å². The van der Waals surface area contributed by atoms with Crippen LogP contribution in [-0.4, -0.2) is 26.1 Å². The molecule has 0 spiro atoms. The van der Waals surface area contributed by atoms with Crippen LogP contribution in [0.3, 0.4) is 0 Å². The van der Waals surface area contributed by atoms with E-state index in [1.165, 1.54) is 43.0 Å². The molecule has 0 saturated carbocycles. The number of anilines is 1. The van der Waals surface area contributed by atoms with Crippen molar-refractivity contribution in [1.82, 2.24) is 0 Å². The zero-order valence-corrected chi connectivity index (χ0v) is 23.9. The van der Waals surface area contributed by atoms with Crippen molar-refractivity contribution in [1.29, 1.82) is 0 Å². The smallest absolute Gasteiger partial charge is 0.294 e. The van der Waals surface area contributed by atoms with E-state index < -0.39 is 10.1 Å². The Kier molecular flexibility index (Phi) is 10.9. The van der Waals surface area contributed by atoms with Crippen molar-refractivity contribution in [2.75, 3.05) is 18.0 Å². The van der Waals surface area contributed by atoms with Gasteiger partial charge in [-0.05, 0) is 64.8 Å². The zero-order valence-electron chi connectivity index (χ0n) is 23.1. The van der Waals surface area contributed by atoms with Crippen molar-refractivity contribution in [3.8, 4) is 0 Å². The third-order valence-electron chi connectivity index (χ3n) is 6.63. The highest BCUT2D eigenvalue weighted by Gasteiger charge is 2.17. The molecule has 4 nitrogen and oxygen atoms in total. The maximum Gasteiger partial charge on any atom is 0.294 e. The second-order valence-corrected chi connectivity index (χ2v) is 11.4. The molecule has 1 N–H and O–H groups in total. The summed E-state index contributed by atoms with van der Waals surface area (Å²) in [4.78, 5) is 2.47. The third-order valence-corrected chi connectivity index (χ3v) is 7.54. The molecule has 0 aliphatic carbocycles. The lowest BCUT2D eigenvalue weighted by Gasteiger charge is -2.24. The number of unbranched alkanes of at least 4 members (excludes halogenated alkanes) is 2. The van der Waals surface area contributed by atoms with Crippen LogP contribution in [0.2, 0.25) is 0 Å². The molecule has 3 aromatic rings. The first-order valence-electron chi connectivity index (χ1n) is 13.6. The molecule has 0 saturated heterocycles. The number of nitrogens with zero attached hydrogens (tertiary/aromatic N) is 1. The molecule has 3 aromatic carbocycles. The normalized spacial score (nSPS) is 12.2. The summed E-state index contributed by atoms with van der Waals surface area (Å²) < 4.78 is 33.3. The zero-order chi connectivity index (χ0) is 27.5. The van der Waals surface area contributed by atoms with Crippen molar-refractivity contribution >= 4 is 40.1 Å². The summed E-state index contributed by atoms with van der Waals surface area (Å²) in [5.41, 5.74) is 5.91. The maximum absolute atomic E-state index is 11.8. The highest BCUT2D eigenvalue weighted by molar-refractivity contribution is 7.85. The fourth-order valence-electron chi connectivity index (χ4n) is 4.32. The van der Waals surface area contributed by atoms with E-state index in [-0.39, 0.29) is 10.8 Å². The minimum atomic E-state index is -4.28. The molecule has 0 aliphatic heterocycles. The van der Waals surface area contributed by atoms with E-state index in [0.717, 1.165) is 29.8 Å². The number of hydrogen-bond acceptors (Lipinski definition) is 3. The first kappa shape index (κ1) is 29.4. The largest absolute Gasteiger partial charge is 0.372 e. The Morgan fingerprint density at radius 3 is 1.55 bits per heavy atom. The van der Waals surface area contributed by atoms with Crippen LogP contribution in [0.4, 0.5) is 5.69 Å². The Hall–Kier alpha value is -3.15. The second kappa shape index (κ2) is 14.1. The molecule has 202 valence electrons. The minimum absolute atomic E-state index is 0.00484. The highest BCUT2D eigenvalue weighted by Crippen LogP contribution is 2.26. The molecule has 38 heavy (non-hydrogen) atoms.